The molecule has 34 heavy (non-hydrogen) atoms. The summed E-state index contributed by atoms with van der Waals surface area (Å²) in [5.74, 6) is 2.28. The molecule has 5 rings (SSSR count). The number of likely N-dealkylation sites (tertiary alicyclic amines) is 1. The van der Waals surface area contributed by atoms with Gasteiger partial charge in [0.25, 0.3) is 0 Å². The van der Waals surface area contributed by atoms with E-state index in [9.17, 15) is 9.18 Å². The van der Waals surface area contributed by atoms with Crippen molar-refractivity contribution in [1.82, 2.24) is 14.9 Å². The first-order valence-corrected chi connectivity index (χ1v) is 11.6. The van der Waals surface area contributed by atoms with Crippen LogP contribution >= 0.6 is 0 Å². The van der Waals surface area contributed by atoms with E-state index in [0.717, 1.165) is 31.5 Å². The summed E-state index contributed by atoms with van der Waals surface area (Å²) in [5.41, 5.74) is 2.42. The molecule has 7 nitrogen and oxygen atoms in total. The van der Waals surface area contributed by atoms with Gasteiger partial charge in [0.1, 0.15) is 23.7 Å². The van der Waals surface area contributed by atoms with Crippen LogP contribution in [-0.4, -0.2) is 47.5 Å². The molecule has 1 saturated carbocycles. The van der Waals surface area contributed by atoms with Crippen LogP contribution in [0.1, 0.15) is 18.4 Å². The van der Waals surface area contributed by atoms with Gasteiger partial charge in [-0.25, -0.2) is 14.4 Å². The van der Waals surface area contributed by atoms with E-state index in [-0.39, 0.29) is 11.7 Å². The van der Waals surface area contributed by atoms with Crippen molar-refractivity contribution in [3.63, 3.8) is 0 Å². The van der Waals surface area contributed by atoms with Crippen LogP contribution in [0.3, 0.4) is 0 Å². The molecule has 3 aromatic rings. The van der Waals surface area contributed by atoms with Gasteiger partial charge in [-0.15, -0.1) is 0 Å². The Morgan fingerprint density at radius 2 is 2.00 bits per heavy atom. The monoisotopic (exact) mass is 461 g/mol. The summed E-state index contributed by atoms with van der Waals surface area (Å²) in [6.07, 6.45) is 7.63. The first-order valence-electron chi connectivity index (χ1n) is 11.6. The van der Waals surface area contributed by atoms with Crippen LogP contribution in [0.5, 0.6) is 5.75 Å². The number of anilines is 3. The fourth-order valence-electron chi connectivity index (χ4n) is 4.80. The Kier molecular flexibility index (Phi) is 6.15. The third-order valence-electron chi connectivity index (χ3n) is 6.83. The Labute approximate surface area is 198 Å². The number of rotatable bonds is 7. The lowest BCUT2D eigenvalue weighted by Crippen LogP contribution is -2.22. The van der Waals surface area contributed by atoms with Gasteiger partial charge in [0.2, 0.25) is 5.91 Å². The number of benzene rings is 2. The van der Waals surface area contributed by atoms with E-state index in [0.29, 0.717) is 39.4 Å². The van der Waals surface area contributed by atoms with Gasteiger partial charge >= 0.3 is 0 Å². The second kappa shape index (κ2) is 9.38. The normalized spacial score (nSPS) is 19.7. The molecule has 1 aliphatic carbocycles. The number of ether oxygens (including phenoxy) is 1. The maximum absolute atomic E-state index is 13.6. The van der Waals surface area contributed by atoms with Crippen molar-refractivity contribution < 1.29 is 13.9 Å². The highest BCUT2D eigenvalue weighted by molar-refractivity contribution is 6.03. The van der Waals surface area contributed by atoms with Crippen LogP contribution < -0.4 is 15.4 Å². The number of carbonyl (C=O) groups is 1. The highest BCUT2D eigenvalue weighted by atomic mass is 19.1. The molecule has 0 radical (unpaired) electrons. The molecule has 176 valence electrons. The summed E-state index contributed by atoms with van der Waals surface area (Å²) in [7, 11) is 1.55. The smallest absolute Gasteiger partial charge is 0.248 e. The molecular formula is C26H28FN5O2. The van der Waals surface area contributed by atoms with Crippen LogP contribution in [0, 0.1) is 24.6 Å². The lowest BCUT2D eigenvalue weighted by molar-refractivity contribution is -0.111. The lowest BCUT2D eigenvalue weighted by atomic mass is 9.77. The van der Waals surface area contributed by atoms with Crippen LogP contribution in [-0.2, 0) is 4.79 Å². The molecule has 1 aromatic heterocycles. The maximum atomic E-state index is 13.6. The Hall–Kier alpha value is -3.52. The summed E-state index contributed by atoms with van der Waals surface area (Å²) in [5, 5.41) is 6.84. The number of aryl methyl sites for hydroxylation is 1. The number of methoxy groups -OCH3 is 1. The number of amides is 1. The van der Waals surface area contributed by atoms with Crippen molar-refractivity contribution in [3.8, 4) is 5.75 Å². The molecule has 1 saturated heterocycles. The lowest BCUT2D eigenvalue weighted by Gasteiger charge is -2.28. The molecular weight excluding hydrogens is 433 g/mol. The molecule has 2 unspecified atom stereocenters. The van der Waals surface area contributed by atoms with Crippen molar-refractivity contribution in [2.24, 2.45) is 11.8 Å². The number of fused-ring (bicyclic) bond motifs is 2. The summed E-state index contributed by atoms with van der Waals surface area (Å²) in [4.78, 5) is 23.7. The molecule has 2 aromatic carbocycles. The number of halogens is 1. The highest BCUT2D eigenvalue weighted by Gasteiger charge is 2.38. The van der Waals surface area contributed by atoms with Gasteiger partial charge in [0.05, 0.1) is 18.3 Å². The van der Waals surface area contributed by atoms with E-state index in [1.54, 1.807) is 44.4 Å². The van der Waals surface area contributed by atoms with Gasteiger partial charge in [-0.05, 0) is 61.4 Å². The third kappa shape index (κ3) is 4.59. The van der Waals surface area contributed by atoms with Crippen molar-refractivity contribution in [2.75, 3.05) is 37.4 Å². The largest absolute Gasteiger partial charge is 0.494 e. The molecule has 2 atom stereocenters. The zero-order valence-electron chi connectivity index (χ0n) is 19.3. The molecule has 1 aliphatic heterocycles. The van der Waals surface area contributed by atoms with Crippen molar-refractivity contribution in [1.29, 1.82) is 0 Å². The average molecular weight is 462 g/mol. The minimum Gasteiger partial charge on any atom is -0.494 e. The van der Waals surface area contributed by atoms with E-state index < -0.39 is 0 Å². The molecule has 0 bridgehead atoms. The minimum atomic E-state index is -0.266. The molecule has 1 amide bonds. The highest BCUT2D eigenvalue weighted by Crippen LogP contribution is 2.40. The predicted molar refractivity (Wildman–Crippen MR) is 131 cm³/mol. The van der Waals surface area contributed by atoms with Crippen LogP contribution in [0.4, 0.5) is 21.6 Å². The summed E-state index contributed by atoms with van der Waals surface area (Å²) in [6, 6.07) is 8.33. The number of aromatic nitrogens is 2. The zero-order valence-corrected chi connectivity index (χ0v) is 19.3. The van der Waals surface area contributed by atoms with Gasteiger partial charge in [-0.2, -0.15) is 0 Å². The second-order valence-corrected chi connectivity index (χ2v) is 9.09. The zero-order chi connectivity index (χ0) is 23.7. The Morgan fingerprint density at radius 1 is 1.21 bits per heavy atom. The van der Waals surface area contributed by atoms with E-state index >= 15 is 0 Å². The molecule has 8 heteroatoms. The van der Waals surface area contributed by atoms with Crippen LogP contribution in [0.25, 0.3) is 10.9 Å². The Bertz CT molecular complexity index is 1250. The molecule has 0 spiro atoms. The van der Waals surface area contributed by atoms with Gasteiger partial charge in [0.15, 0.2) is 0 Å². The molecule has 2 aliphatic rings. The number of hydrogen-bond acceptors (Lipinski definition) is 6. The fraction of sp³-hybridized carbons (Fsp3) is 0.346. The van der Waals surface area contributed by atoms with Crippen molar-refractivity contribution >= 4 is 34.0 Å². The predicted octanol–water partition coefficient (Wildman–Crippen LogP) is 4.67. The summed E-state index contributed by atoms with van der Waals surface area (Å²) >= 11 is 0. The van der Waals surface area contributed by atoms with Crippen molar-refractivity contribution in [3.05, 3.63) is 60.2 Å². The fourth-order valence-corrected chi connectivity index (χ4v) is 4.80. The topological polar surface area (TPSA) is 79.4 Å². The second-order valence-electron chi connectivity index (χ2n) is 9.09. The van der Waals surface area contributed by atoms with Crippen LogP contribution in [0.2, 0.25) is 0 Å². The van der Waals surface area contributed by atoms with E-state index in [2.05, 4.69) is 25.5 Å². The van der Waals surface area contributed by atoms with Crippen LogP contribution in [0.15, 0.2) is 48.8 Å². The molecule has 2 fully saturated rings. The number of nitrogens with one attached hydrogen (secondary N) is 2. The number of hydrogen-bond donors (Lipinski definition) is 2. The summed E-state index contributed by atoms with van der Waals surface area (Å²) < 4.78 is 19.1. The minimum absolute atomic E-state index is 0.222. The Balaban J connectivity index is 1.33. The molecule has 2 heterocycles. The molecule has 2 N–H and O–H groups in total. The SMILES string of the molecule is COc1cc2ncnc(Nc3ccc(F)c(C)c3)c2cc1NC(=O)/C=C/CN1CC2CCC2C1. The van der Waals surface area contributed by atoms with Crippen molar-refractivity contribution in [2.45, 2.75) is 19.8 Å². The van der Waals surface area contributed by atoms with E-state index in [1.165, 1.54) is 25.2 Å². The summed E-state index contributed by atoms with van der Waals surface area (Å²) in [6.45, 7) is 4.77. The third-order valence-corrected chi connectivity index (χ3v) is 6.83. The first kappa shape index (κ1) is 22.3. The standard InChI is InChI=1S/C26H28FN5O2/c1-16-10-19(7-8-21(16)27)30-26-20-11-23(24(34-2)12-22(20)28-15-29-26)31-25(33)4-3-9-32-13-17-5-6-18(17)14-32/h3-4,7-8,10-12,15,17-18H,5-6,9,13-14H2,1-2H3,(H,31,33)(H,28,29,30)/b4-3+. The first-order chi connectivity index (χ1) is 16.5. The van der Waals surface area contributed by atoms with E-state index in [4.69, 9.17) is 4.74 Å². The van der Waals surface area contributed by atoms with Gasteiger partial charge < -0.3 is 15.4 Å². The number of nitrogens with zero attached hydrogens (tertiary/aromatic N) is 3. The van der Waals surface area contributed by atoms with Gasteiger partial charge in [-0.3, -0.25) is 9.69 Å². The van der Waals surface area contributed by atoms with Gasteiger partial charge in [-0.1, -0.05) is 6.08 Å². The number of carbonyl (C=O) groups excluding carboxylic acids is 1. The quantitative estimate of drug-likeness (QED) is 0.498. The maximum Gasteiger partial charge on any atom is 0.248 e. The Morgan fingerprint density at radius 3 is 2.71 bits per heavy atom. The van der Waals surface area contributed by atoms with Gasteiger partial charge in [0, 0.05) is 42.9 Å². The van der Waals surface area contributed by atoms with E-state index in [1.807, 2.05) is 6.08 Å². The average Bonchev–Trinajstić information content (AvgIpc) is 3.09.